The minimum absolute atomic E-state index is 0.0485. The first kappa shape index (κ1) is 24.2. The number of benzene rings is 3. The highest BCUT2D eigenvalue weighted by Gasteiger charge is 2.17. The Hall–Kier alpha value is -3.49. The quantitative estimate of drug-likeness (QED) is 0.447. The lowest BCUT2D eigenvalue weighted by Crippen LogP contribution is -2.30. The molecule has 0 aliphatic carbocycles. The van der Waals surface area contributed by atoms with Crippen LogP contribution in [0.2, 0.25) is 0 Å². The third-order valence-corrected chi connectivity index (χ3v) is 6.55. The van der Waals surface area contributed by atoms with Gasteiger partial charge in [-0.2, -0.15) is 0 Å². The molecule has 33 heavy (non-hydrogen) atoms. The van der Waals surface area contributed by atoms with E-state index in [2.05, 4.69) is 34.3 Å². The summed E-state index contributed by atoms with van der Waals surface area (Å²) in [5, 5.41) is 2.78. The van der Waals surface area contributed by atoms with E-state index in [4.69, 9.17) is 4.74 Å². The molecule has 0 saturated carbocycles. The van der Waals surface area contributed by atoms with Crippen LogP contribution in [-0.2, 0) is 19.6 Å². The van der Waals surface area contributed by atoms with Gasteiger partial charge in [0.15, 0.2) is 6.61 Å². The highest BCUT2D eigenvalue weighted by Crippen LogP contribution is 2.27. The second-order valence-corrected chi connectivity index (χ2v) is 9.21. The van der Waals surface area contributed by atoms with Crippen LogP contribution >= 0.6 is 0 Å². The molecule has 0 saturated heterocycles. The smallest absolute Gasteiger partial charge is 0.338 e. The molecule has 0 aliphatic rings. The van der Waals surface area contributed by atoms with E-state index in [0.717, 1.165) is 11.1 Å². The molecule has 1 amide bonds. The van der Waals surface area contributed by atoms with Crippen LogP contribution < -0.4 is 10.0 Å². The van der Waals surface area contributed by atoms with Crippen molar-refractivity contribution in [2.24, 2.45) is 0 Å². The van der Waals surface area contributed by atoms with Gasteiger partial charge in [0.2, 0.25) is 10.0 Å². The summed E-state index contributed by atoms with van der Waals surface area (Å²) in [6.45, 7) is -0.0517. The van der Waals surface area contributed by atoms with E-state index < -0.39 is 28.5 Å². The maximum atomic E-state index is 12.3. The van der Waals surface area contributed by atoms with Crippen LogP contribution in [0.5, 0.6) is 0 Å². The second kappa shape index (κ2) is 11.4. The Bertz CT molecular complexity index is 1140. The molecule has 7 nitrogen and oxygen atoms in total. The predicted octanol–water partition coefficient (Wildman–Crippen LogP) is 3.09. The predicted molar refractivity (Wildman–Crippen MR) is 125 cm³/mol. The first-order valence-corrected chi connectivity index (χ1v) is 12.0. The summed E-state index contributed by atoms with van der Waals surface area (Å²) in [5.41, 5.74) is 2.36. The third kappa shape index (κ3) is 6.74. The van der Waals surface area contributed by atoms with Crippen LogP contribution in [0, 0.1) is 0 Å². The number of nitrogens with one attached hydrogen (secondary N) is 2. The number of amides is 1. The van der Waals surface area contributed by atoms with Crippen molar-refractivity contribution < 1.29 is 22.7 Å². The number of sulfonamides is 1. The van der Waals surface area contributed by atoms with Crippen molar-refractivity contribution in [1.82, 2.24) is 10.0 Å². The molecule has 0 spiro atoms. The highest BCUT2D eigenvalue weighted by atomic mass is 32.2. The average molecular weight is 467 g/mol. The molecule has 0 unspecified atom stereocenters. The van der Waals surface area contributed by atoms with Gasteiger partial charge >= 0.3 is 5.97 Å². The zero-order chi connectivity index (χ0) is 23.7. The summed E-state index contributed by atoms with van der Waals surface area (Å²) in [5.74, 6) is -1.08. The zero-order valence-corrected chi connectivity index (χ0v) is 19.0. The molecular formula is C25H26N2O5S. The van der Waals surface area contributed by atoms with Crippen molar-refractivity contribution in [3.05, 3.63) is 102 Å². The van der Waals surface area contributed by atoms with Gasteiger partial charge in [0.1, 0.15) is 0 Å². The van der Waals surface area contributed by atoms with Crippen LogP contribution in [-0.4, -0.2) is 40.5 Å². The summed E-state index contributed by atoms with van der Waals surface area (Å²) < 4.78 is 31.0. The van der Waals surface area contributed by atoms with Crippen molar-refractivity contribution in [3.63, 3.8) is 0 Å². The fraction of sp³-hybridized carbons (Fsp3) is 0.200. The van der Waals surface area contributed by atoms with Crippen molar-refractivity contribution in [3.8, 4) is 0 Å². The van der Waals surface area contributed by atoms with Crippen molar-refractivity contribution >= 4 is 21.9 Å². The average Bonchev–Trinajstić information content (AvgIpc) is 2.86. The molecule has 0 aromatic heterocycles. The van der Waals surface area contributed by atoms with E-state index in [1.807, 2.05) is 36.4 Å². The number of carbonyl (C=O) groups is 2. The normalized spacial score (nSPS) is 11.2. The van der Waals surface area contributed by atoms with Crippen LogP contribution in [0.25, 0.3) is 0 Å². The lowest BCUT2D eigenvalue weighted by molar-refractivity contribution is -0.124. The molecular weight excluding hydrogens is 440 g/mol. The lowest BCUT2D eigenvalue weighted by Gasteiger charge is -2.18. The van der Waals surface area contributed by atoms with Crippen molar-refractivity contribution in [2.45, 2.75) is 17.2 Å². The first-order chi connectivity index (χ1) is 15.9. The number of esters is 1. The first-order valence-electron chi connectivity index (χ1n) is 10.5. The van der Waals surface area contributed by atoms with Crippen molar-refractivity contribution in [2.75, 3.05) is 20.2 Å². The van der Waals surface area contributed by atoms with Gasteiger partial charge in [-0.1, -0.05) is 66.7 Å². The molecule has 3 rings (SSSR count). The van der Waals surface area contributed by atoms with Crippen LogP contribution in [0.3, 0.4) is 0 Å². The SMILES string of the molecule is CNS(=O)(=O)c1cccc(C(=O)OCC(=O)NCCC(c2ccccc2)c2ccccc2)c1. The fourth-order valence-electron chi connectivity index (χ4n) is 3.43. The van der Waals surface area contributed by atoms with Gasteiger partial charge in [0, 0.05) is 12.5 Å². The number of carbonyl (C=O) groups excluding carboxylic acids is 2. The Morgan fingerprint density at radius 3 is 2.06 bits per heavy atom. The summed E-state index contributed by atoms with van der Waals surface area (Å²) in [6.07, 6.45) is 0.678. The molecule has 0 bridgehead atoms. The number of hydrogen-bond acceptors (Lipinski definition) is 5. The van der Waals surface area contributed by atoms with E-state index in [0.29, 0.717) is 13.0 Å². The fourth-order valence-corrected chi connectivity index (χ4v) is 4.20. The molecule has 172 valence electrons. The molecule has 3 aromatic carbocycles. The molecule has 8 heteroatoms. The molecule has 2 N–H and O–H groups in total. The summed E-state index contributed by atoms with van der Waals surface area (Å²) in [7, 11) is -2.41. The molecule has 0 atom stereocenters. The van der Waals surface area contributed by atoms with Gasteiger partial charge in [-0.15, -0.1) is 0 Å². The third-order valence-electron chi connectivity index (χ3n) is 5.14. The lowest BCUT2D eigenvalue weighted by atomic mass is 9.88. The highest BCUT2D eigenvalue weighted by molar-refractivity contribution is 7.89. The topological polar surface area (TPSA) is 102 Å². The number of ether oxygens (including phenoxy) is 1. The molecule has 0 fully saturated rings. The zero-order valence-electron chi connectivity index (χ0n) is 18.2. The summed E-state index contributed by atoms with van der Waals surface area (Å²) in [6, 6.07) is 25.5. The Morgan fingerprint density at radius 1 is 0.879 bits per heavy atom. The van der Waals surface area contributed by atoms with Gasteiger partial charge < -0.3 is 10.1 Å². The van der Waals surface area contributed by atoms with E-state index in [-0.39, 0.29) is 16.4 Å². The largest absolute Gasteiger partial charge is 0.452 e. The Kier molecular flexibility index (Phi) is 8.34. The monoisotopic (exact) mass is 466 g/mol. The minimum Gasteiger partial charge on any atom is -0.452 e. The molecule has 0 aliphatic heterocycles. The Morgan fingerprint density at radius 2 is 1.48 bits per heavy atom. The van der Waals surface area contributed by atoms with Crippen LogP contribution in [0.4, 0.5) is 0 Å². The maximum Gasteiger partial charge on any atom is 0.338 e. The van der Waals surface area contributed by atoms with Gasteiger partial charge in [-0.25, -0.2) is 17.9 Å². The molecule has 0 radical (unpaired) electrons. The van der Waals surface area contributed by atoms with Crippen LogP contribution in [0.1, 0.15) is 33.8 Å². The van der Waals surface area contributed by atoms with E-state index in [9.17, 15) is 18.0 Å². The Labute approximate surface area is 193 Å². The number of hydrogen-bond donors (Lipinski definition) is 2. The van der Waals surface area contributed by atoms with Gasteiger partial charge in [-0.3, -0.25) is 4.79 Å². The van der Waals surface area contributed by atoms with E-state index in [1.165, 1.54) is 31.3 Å². The van der Waals surface area contributed by atoms with Crippen molar-refractivity contribution in [1.29, 1.82) is 0 Å². The maximum absolute atomic E-state index is 12.3. The summed E-state index contributed by atoms with van der Waals surface area (Å²) >= 11 is 0. The molecule has 3 aromatic rings. The molecule has 0 heterocycles. The van der Waals surface area contributed by atoms with Crippen LogP contribution in [0.15, 0.2) is 89.8 Å². The Balaban J connectivity index is 1.54. The second-order valence-electron chi connectivity index (χ2n) is 7.32. The van der Waals surface area contributed by atoms with Gasteiger partial charge in [-0.05, 0) is 42.8 Å². The van der Waals surface area contributed by atoms with E-state index >= 15 is 0 Å². The van der Waals surface area contributed by atoms with E-state index in [1.54, 1.807) is 0 Å². The number of rotatable bonds is 10. The summed E-state index contributed by atoms with van der Waals surface area (Å²) in [4.78, 5) is 24.4. The van der Waals surface area contributed by atoms with Gasteiger partial charge in [0.05, 0.1) is 10.5 Å². The standard InChI is InChI=1S/C25H26N2O5S/c1-26-33(30,31)22-14-8-13-21(17-22)25(29)32-18-24(28)27-16-15-23(19-9-4-2-5-10-19)20-11-6-3-7-12-20/h2-14,17,23,26H,15-16,18H2,1H3,(H,27,28). The van der Waals surface area contributed by atoms with Gasteiger partial charge in [0.25, 0.3) is 5.91 Å². The minimum atomic E-state index is -3.69.